The Hall–Kier alpha value is -0.530. The molecule has 120 valence electrons. The summed E-state index contributed by atoms with van der Waals surface area (Å²) in [5, 5.41) is 4.71. The van der Waals surface area contributed by atoms with E-state index in [1.54, 1.807) is 7.11 Å². The van der Waals surface area contributed by atoms with E-state index in [1.807, 2.05) is 11.3 Å². The molecule has 0 aromatic carbocycles. The number of likely N-dealkylation sites (N-methyl/N-ethyl adjacent to an activating group) is 2. The van der Waals surface area contributed by atoms with Crippen molar-refractivity contribution in [1.82, 2.24) is 20.1 Å². The molecule has 0 saturated carbocycles. The number of nitrogens with one attached hydrogen (secondary N) is 1. The number of nitrogens with zero attached hydrogens (tertiary/aromatic N) is 3. The van der Waals surface area contributed by atoms with Crippen LogP contribution in [0, 0.1) is 0 Å². The van der Waals surface area contributed by atoms with E-state index in [9.17, 15) is 0 Å². The minimum Gasteiger partial charge on any atom is -0.378 e. The molecule has 1 aromatic rings. The second kappa shape index (κ2) is 7.65. The third kappa shape index (κ3) is 4.47. The average molecular weight is 312 g/mol. The maximum atomic E-state index is 5.32. The Labute approximate surface area is 132 Å². The molecule has 2 rings (SSSR count). The van der Waals surface area contributed by atoms with Gasteiger partial charge >= 0.3 is 0 Å². The molecule has 21 heavy (non-hydrogen) atoms. The van der Waals surface area contributed by atoms with Gasteiger partial charge in [0.2, 0.25) is 0 Å². The van der Waals surface area contributed by atoms with Crippen molar-refractivity contribution in [3.8, 4) is 0 Å². The van der Waals surface area contributed by atoms with Crippen LogP contribution in [0.3, 0.4) is 0 Å². The standard InChI is InChI=1S/C15H28N4OS/c1-11(2)16-8-14-12(10-20-5)17-15(21-14)13-9-18(3)6-7-19(13)4/h11,13,16H,6-10H2,1-5H3. The van der Waals surface area contributed by atoms with E-state index < -0.39 is 0 Å². The Kier molecular flexibility index (Phi) is 6.13. The van der Waals surface area contributed by atoms with E-state index in [0.717, 1.165) is 31.9 Å². The number of rotatable bonds is 6. The van der Waals surface area contributed by atoms with Crippen LogP contribution in [0.1, 0.15) is 35.5 Å². The smallest absolute Gasteiger partial charge is 0.112 e. The highest BCUT2D eigenvalue weighted by molar-refractivity contribution is 7.11. The molecule has 1 N–H and O–H groups in total. The van der Waals surface area contributed by atoms with Crippen LogP contribution in [-0.2, 0) is 17.9 Å². The second-order valence-electron chi connectivity index (χ2n) is 6.15. The van der Waals surface area contributed by atoms with Gasteiger partial charge in [0.25, 0.3) is 0 Å². The largest absolute Gasteiger partial charge is 0.378 e. The number of piperazine rings is 1. The van der Waals surface area contributed by atoms with Gasteiger partial charge in [-0.05, 0) is 14.1 Å². The molecule has 5 nitrogen and oxygen atoms in total. The number of hydrogen-bond donors (Lipinski definition) is 1. The lowest BCUT2D eigenvalue weighted by Gasteiger charge is -2.36. The summed E-state index contributed by atoms with van der Waals surface area (Å²) in [4.78, 5) is 11.0. The summed E-state index contributed by atoms with van der Waals surface area (Å²) in [6, 6.07) is 0.881. The van der Waals surface area contributed by atoms with Crippen molar-refractivity contribution >= 4 is 11.3 Å². The van der Waals surface area contributed by atoms with E-state index in [4.69, 9.17) is 9.72 Å². The van der Waals surface area contributed by atoms with Gasteiger partial charge in [0.1, 0.15) is 5.01 Å². The number of hydrogen-bond acceptors (Lipinski definition) is 6. The molecule has 2 heterocycles. The monoisotopic (exact) mass is 312 g/mol. The fourth-order valence-electron chi connectivity index (χ4n) is 2.51. The van der Waals surface area contributed by atoms with E-state index in [2.05, 4.69) is 43.1 Å². The average Bonchev–Trinajstić information content (AvgIpc) is 2.83. The first kappa shape index (κ1) is 16.8. The quantitative estimate of drug-likeness (QED) is 0.866. The molecule has 0 aliphatic carbocycles. The predicted octanol–water partition coefficient (Wildman–Crippen LogP) is 1.71. The molecular formula is C15H28N4OS. The first-order chi connectivity index (χ1) is 10.0. The van der Waals surface area contributed by atoms with Crippen LogP contribution in [0.15, 0.2) is 0 Å². The fourth-order valence-corrected chi connectivity index (χ4v) is 3.68. The van der Waals surface area contributed by atoms with Gasteiger partial charge in [-0.15, -0.1) is 11.3 Å². The topological polar surface area (TPSA) is 40.6 Å². The molecule has 1 saturated heterocycles. The van der Waals surface area contributed by atoms with Gasteiger partial charge in [-0.2, -0.15) is 0 Å². The van der Waals surface area contributed by atoms with Crippen LogP contribution < -0.4 is 5.32 Å². The summed E-state index contributed by atoms with van der Waals surface area (Å²) in [6.45, 7) is 9.08. The number of methoxy groups -OCH3 is 1. The second-order valence-corrected chi connectivity index (χ2v) is 7.26. The summed E-state index contributed by atoms with van der Waals surface area (Å²) < 4.78 is 5.32. The van der Waals surface area contributed by atoms with Gasteiger partial charge in [0, 0.05) is 44.2 Å². The minimum atomic E-state index is 0.400. The van der Waals surface area contributed by atoms with Crippen molar-refractivity contribution in [2.75, 3.05) is 40.8 Å². The van der Waals surface area contributed by atoms with Gasteiger partial charge in [0.15, 0.2) is 0 Å². The fraction of sp³-hybridized carbons (Fsp3) is 0.800. The van der Waals surface area contributed by atoms with Crippen LogP contribution in [0.5, 0.6) is 0 Å². The van der Waals surface area contributed by atoms with Crippen molar-refractivity contribution in [3.05, 3.63) is 15.6 Å². The lowest BCUT2D eigenvalue weighted by Crippen LogP contribution is -2.44. The lowest BCUT2D eigenvalue weighted by molar-refractivity contribution is 0.114. The molecule has 0 radical (unpaired) electrons. The molecule has 1 aliphatic heterocycles. The van der Waals surface area contributed by atoms with Crippen molar-refractivity contribution in [3.63, 3.8) is 0 Å². The number of thiazole rings is 1. The van der Waals surface area contributed by atoms with Crippen LogP contribution in [-0.4, -0.2) is 61.7 Å². The van der Waals surface area contributed by atoms with Gasteiger partial charge in [-0.3, -0.25) is 4.90 Å². The Balaban J connectivity index is 2.17. The summed E-state index contributed by atoms with van der Waals surface area (Å²) in [6.07, 6.45) is 0. The van der Waals surface area contributed by atoms with Crippen LogP contribution in [0.4, 0.5) is 0 Å². The van der Waals surface area contributed by atoms with Crippen molar-refractivity contribution in [2.24, 2.45) is 0 Å². The Morgan fingerprint density at radius 3 is 2.81 bits per heavy atom. The van der Waals surface area contributed by atoms with Crippen molar-refractivity contribution in [1.29, 1.82) is 0 Å². The molecule has 0 amide bonds. The van der Waals surface area contributed by atoms with E-state index in [-0.39, 0.29) is 0 Å². The molecule has 6 heteroatoms. The highest BCUT2D eigenvalue weighted by Gasteiger charge is 2.27. The molecule has 0 bridgehead atoms. The first-order valence-electron chi connectivity index (χ1n) is 7.60. The van der Waals surface area contributed by atoms with E-state index >= 15 is 0 Å². The first-order valence-corrected chi connectivity index (χ1v) is 8.42. The molecule has 1 aromatic heterocycles. The molecular weight excluding hydrogens is 284 g/mol. The van der Waals surface area contributed by atoms with Crippen LogP contribution in [0.25, 0.3) is 0 Å². The zero-order chi connectivity index (χ0) is 15.4. The van der Waals surface area contributed by atoms with Crippen molar-refractivity contribution < 1.29 is 4.74 Å². The normalized spacial score (nSPS) is 21.3. The predicted molar refractivity (Wildman–Crippen MR) is 87.7 cm³/mol. The Morgan fingerprint density at radius 1 is 1.38 bits per heavy atom. The Bertz CT molecular complexity index is 449. The van der Waals surface area contributed by atoms with Crippen LogP contribution >= 0.6 is 11.3 Å². The molecule has 1 fully saturated rings. The number of aromatic nitrogens is 1. The summed E-state index contributed by atoms with van der Waals surface area (Å²) >= 11 is 1.83. The summed E-state index contributed by atoms with van der Waals surface area (Å²) in [5.41, 5.74) is 1.09. The summed E-state index contributed by atoms with van der Waals surface area (Å²) in [7, 11) is 6.12. The molecule has 1 unspecified atom stereocenters. The molecule has 1 aliphatic rings. The van der Waals surface area contributed by atoms with Crippen LogP contribution in [0.2, 0.25) is 0 Å². The van der Waals surface area contributed by atoms with Gasteiger partial charge in [0.05, 0.1) is 18.3 Å². The third-order valence-corrected chi connectivity index (χ3v) is 5.08. The zero-order valence-corrected chi connectivity index (χ0v) is 14.7. The third-order valence-electron chi connectivity index (χ3n) is 3.88. The van der Waals surface area contributed by atoms with Crippen molar-refractivity contribution in [2.45, 2.75) is 39.1 Å². The van der Waals surface area contributed by atoms with Gasteiger partial charge in [-0.25, -0.2) is 4.98 Å². The maximum absolute atomic E-state index is 5.32. The zero-order valence-electron chi connectivity index (χ0n) is 13.8. The van der Waals surface area contributed by atoms with E-state index in [1.165, 1.54) is 9.88 Å². The maximum Gasteiger partial charge on any atom is 0.112 e. The van der Waals surface area contributed by atoms with E-state index in [0.29, 0.717) is 18.7 Å². The lowest BCUT2D eigenvalue weighted by atomic mass is 10.2. The van der Waals surface area contributed by atoms with Gasteiger partial charge < -0.3 is 15.0 Å². The molecule has 0 spiro atoms. The number of ether oxygens (including phenoxy) is 1. The van der Waals surface area contributed by atoms with Gasteiger partial charge in [-0.1, -0.05) is 13.8 Å². The highest BCUT2D eigenvalue weighted by atomic mass is 32.1. The molecule has 1 atom stereocenters. The minimum absolute atomic E-state index is 0.400. The SMILES string of the molecule is COCc1nc(C2CN(C)CCN2C)sc1CNC(C)C. The summed E-state index contributed by atoms with van der Waals surface area (Å²) in [5.74, 6) is 0. The Morgan fingerprint density at radius 2 is 2.14 bits per heavy atom. The highest BCUT2D eigenvalue weighted by Crippen LogP contribution is 2.30.